The number of nitrogens with one attached hydrogen (secondary N) is 1. The van der Waals surface area contributed by atoms with Gasteiger partial charge in [-0.05, 0) is 60.5 Å². The zero-order valence-corrected chi connectivity index (χ0v) is 17.0. The number of hydrogen-bond donors (Lipinski definition) is 1. The fraction of sp³-hybridized carbons (Fsp3) is 0.120. The first-order valence-corrected chi connectivity index (χ1v) is 9.57. The Bertz CT molecular complexity index is 1030. The van der Waals surface area contributed by atoms with Gasteiger partial charge in [-0.3, -0.25) is 4.79 Å². The van der Waals surface area contributed by atoms with Gasteiger partial charge < -0.3 is 9.47 Å². The number of methoxy groups -OCH3 is 1. The maximum atomic E-state index is 12.3. The van der Waals surface area contributed by atoms with E-state index < -0.39 is 0 Å². The maximum Gasteiger partial charge on any atom is 0.271 e. The molecule has 0 heterocycles. The summed E-state index contributed by atoms with van der Waals surface area (Å²) in [5, 5.41) is 4.12. The van der Waals surface area contributed by atoms with Crippen molar-refractivity contribution in [2.45, 2.75) is 13.5 Å². The lowest BCUT2D eigenvalue weighted by molar-refractivity contribution is 0.0955. The topological polar surface area (TPSA) is 59.9 Å². The second-order valence-electron chi connectivity index (χ2n) is 6.60. The van der Waals surface area contributed by atoms with Crippen LogP contribution in [0.25, 0.3) is 6.08 Å². The first kappa shape index (κ1) is 20.9. The molecule has 0 spiro atoms. The minimum absolute atomic E-state index is 0.279. The molecule has 3 aromatic carbocycles. The van der Waals surface area contributed by atoms with E-state index in [1.165, 1.54) is 0 Å². The van der Waals surface area contributed by atoms with Crippen LogP contribution < -0.4 is 14.9 Å². The third-order valence-electron chi connectivity index (χ3n) is 4.31. The van der Waals surface area contributed by atoms with Gasteiger partial charge in [0.15, 0.2) is 0 Å². The van der Waals surface area contributed by atoms with Crippen LogP contribution in [-0.4, -0.2) is 18.7 Å². The minimum atomic E-state index is -0.279. The molecule has 5 heteroatoms. The van der Waals surface area contributed by atoms with Gasteiger partial charge >= 0.3 is 0 Å². The Morgan fingerprint density at radius 2 is 1.73 bits per heavy atom. The van der Waals surface area contributed by atoms with E-state index in [0.29, 0.717) is 23.6 Å². The number of hydrazone groups is 1. The van der Waals surface area contributed by atoms with Crippen molar-refractivity contribution in [2.24, 2.45) is 5.10 Å². The molecule has 3 aromatic rings. The van der Waals surface area contributed by atoms with Crippen molar-refractivity contribution in [3.8, 4) is 11.5 Å². The molecule has 152 valence electrons. The van der Waals surface area contributed by atoms with Crippen LogP contribution in [0.3, 0.4) is 0 Å². The van der Waals surface area contributed by atoms with E-state index in [2.05, 4.69) is 10.5 Å². The summed E-state index contributed by atoms with van der Waals surface area (Å²) in [7, 11) is 1.63. The molecule has 0 radical (unpaired) electrons. The van der Waals surface area contributed by atoms with Crippen molar-refractivity contribution in [3.63, 3.8) is 0 Å². The fourth-order valence-electron chi connectivity index (χ4n) is 2.65. The fourth-order valence-corrected chi connectivity index (χ4v) is 2.65. The quantitative estimate of drug-likeness (QED) is 0.423. The van der Waals surface area contributed by atoms with Crippen LogP contribution in [0.1, 0.15) is 28.4 Å². The zero-order valence-electron chi connectivity index (χ0n) is 17.0. The van der Waals surface area contributed by atoms with Gasteiger partial charge in [0.2, 0.25) is 0 Å². The highest BCUT2D eigenvalue weighted by Gasteiger charge is 2.05. The van der Waals surface area contributed by atoms with Crippen LogP contribution in [0, 0.1) is 0 Å². The molecular formula is C25H24N2O3. The maximum absolute atomic E-state index is 12.3. The molecule has 3 rings (SSSR count). The highest BCUT2D eigenvalue weighted by molar-refractivity contribution is 5.99. The summed E-state index contributed by atoms with van der Waals surface area (Å²) in [4.78, 5) is 12.3. The molecule has 1 amide bonds. The van der Waals surface area contributed by atoms with Crippen molar-refractivity contribution >= 4 is 17.7 Å². The summed E-state index contributed by atoms with van der Waals surface area (Å²) < 4.78 is 10.9. The predicted octanol–water partition coefficient (Wildman–Crippen LogP) is 5.09. The van der Waals surface area contributed by atoms with E-state index in [-0.39, 0.29) is 5.91 Å². The largest absolute Gasteiger partial charge is 0.497 e. The Balaban J connectivity index is 1.52. The number of hydrogen-bond acceptors (Lipinski definition) is 4. The Kier molecular flexibility index (Phi) is 7.39. The molecule has 1 N–H and O–H groups in total. The van der Waals surface area contributed by atoms with E-state index in [0.717, 1.165) is 16.9 Å². The number of nitrogens with zero attached hydrogens (tertiary/aromatic N) is 1. The molecule has 0 saturated heterocycles. The van der Waals surface area contributed by atoms with Crippen LogP contribution in [0.5, 0.6) is 11.5 Å². The molecule has 0 aromatic heterocycles. The molecule has 0 saturated carbocycles. The molecule has 5 nitrogen and oxygen atoms in total. The molecule has 0 atom stereocenters. The first-order chi connectivity index (χ1) is 14.6. The Morgan fingerprint density at radius 1 is 0.967 bits per heavy atom. The molecule has 0 aliphatic rings. The molecular weight excluding hydrogens is 376 g/mol. The monoisotopic (exact) mass is 400 g/mol. The van der Waals surface area contributed by atoms with E-state index in [4.69, 9.17) is 9.47 Å². The molecule has 0 unspecified atom stereocenters. The number of carbonyl (C=O) groups is 1. The van der Waals surface area contributed by atoms with E-state index in [9.17, 15) is 4.79 Å². The summed E-state index contributed by atoms with van der Waals surface area (Å²) >= 11 is 0. The summed E-state index contributed by atoms with van der Waals surface area (Å²) in [6.07, 6.45) is 3.74. The van der Waals surface area contributed by atoms with Crippen LogP contribution in [0.2, 0.25) is 0 Å². The van der Waals surface area contributed by atoms with Crippen molar-refractivity contribution in [3.05, 3.63) is 102 Å². The molecule has 0 bridgehead atoms. The van der Waals surface area contributed by atoms with Gasteiger partial charge in [-0.25, -0.2) is 5.43 Å². The predicted molar refractivity (Wildman–Crippen MR) is 120 cm³/mol. The second kappa shape index (κ2) is 10.6. The summed E-state index contributed by atoms with van der Waals surface area (Å²) in [6, 6.07) is 24.6. The normalized spacial score (nSPS) is 11.3. The molecule has 0 aliphatic heterocycles. The van der Waals surface area contributed by atoms with Gasteiger partial charge in [0.05, 0.1) is 12.8 Å². The van der Waals surface area contributed by atoms with E-state index in [1.807, 2.05) is 73.7 Å². The van der Waals surface area contributed by atoms with Gasteiger partial charge in [-0.2, -0.15) is 5.10 Å². The minimum Gasteiger partial charge on any atom is -0.497 e. The van der Waals surface area contributed by atoms with Gasteiger partial charge in [0.1, 0.15) is 18.1 Å². The van der Waals surface area contributed by atoms with Crippen molar-refractivity contribution in [1.82, 2.24) is 5.43 Å². The number of benzene rings is 3. The SMILES string of the molecule is COc1cccc(C=CC(C)=NNC(=O)c2ccc(OCc3ccccc3)cc2)c1. The van der Waals surface area contributed by atoms with Crippen LogP contribution >= 0.6 is 0 Å². The van der Waals surface area contributed by atoms with Crippen molar-refractivity contribution in [2.75, 3.05) is 7.11 Å². The zero-order chi connectivity index (χ0) is 21.2. The van der Waals surface area contributed by atoms with E-state index >= 15 is 0 Å². The highest BCUT2D eigenvalue weighted by atomic mass is 16.5. The van der Waals surface area contributed by atoms with Crippen molar-refractivity contribution < 1.29 is 14.3 Å². The Labute approximate surface area is 176 Å². The van der Waals surface area contributed by atoms with Gasteiger partial charge in [-0.1, -0.05) is 48.5 Å². The van der Waals surface area contributed by atoms with Crippen LogP contribution in [-0.2, 0) is 6.61 Å². The second-order valence-corrected chi connectivity index (χ2v) is 6.60. The number of allylic oxidation sites excluding steroid dienone is 1. The number of carbonyl (C=O) groups excluding carboxylic acids is 1. The average molecular weight is 400 g/mol. The van der Waals surface area contributed by atoms with Gasteiger partial charge in [-0.15, -0.1) is 0 Å². The Hall–Kier alpha value is -3.86. The number of rotatable bonds is 8. The number of amides is 1. The average Bonchev–Trinajstić information content (AvgIpc) is 2.81. The standard InChI is InChI=1S/C25H24N2O3/c1-19(11-12-20-9-6-10-24(17-20)29-2)26-27-25(28)22-13-15-23(16-14-22)30-18-21-7-4-3-5-8-21/h3-17H,18H2,1-2H3,(H,27,28). The van der Waals surface area contributed by atoms with Crippen LogP contribution in [0.4, 0.5) is 0 Å². The number of ether oxygens (including phenoxy) is 2. The Morgan fingerprint density at radius 3 is 2.47 bits per heavy atom. The summed E-state index contributed by atoms with van der Waals surface area (Å²) in [5.74, 6) is 1.21. The molecule has 0 fully saturated rings. The summed E-state index contributed by atoms with van der Waals surface area (Å²) in [5.41, 5.74) is 5.83. The third kappa shape index (κ3) is 6.34. The highest BCUT2D eigenvalue weighted by Crippen LogP contribution is 2.15. The third-order valence-corrected chi connectivity index (χ3v) is 4.31. The van der Waals surface area contributed by atoms with E-state index in [1.54, 1.807) is 31.4 Å². The van der Waals surface area contributed by atoms with Gasteiger partial charge in [0, 0.05) is 5.56 Å². The molecule has 30 heavy (non-hydrogen) atoms. The molecule has 0 aliphatic carbocycles. The first-order valence-electron chi connectivity index (χ1n) is 9.57. The van der Waals surface area contributed by atoms with Gasteiger partial charge in [0.25, 0.3) is 5.91 Å². The van der Waals surface area contributed by atoms with Crippen LogP contribution in [0.15, 0.2) is 90.0 Å². The lowest BCUT2D eigenvalue weighted by atomic mass is 10.2. The lowest BCUT2D eigenvalue weighted by Gasteiger charge is -2.07. The summed E-state index contributed by atoms with van der Waals surface area (Å²) in [6.45, 7) is 2.30. The van der Waals surface area contributed by atoms with Crippen molar-refractivity contribution in [1.29, 1.82) is 0 Å². The smallest absolute Gasteiger partial charge is 0.271 e. The lowest BCUT2D eigenvalue weighted by Crippen LogP contribution is -2.18.